The minimum absolute atomic E-state index is 0.145. The molecular formula is C22H21F3N2O4. The molecule has 2 unspecified atom stereocenters. The van der Waals surface area contributed by atoms with Crippen LogP contribution in [-0.2, 0) is 20.6 Å². The number of rotatable bonds is 5. The lowest BCUT2D eigenvalue weighted by Crippen LogP contribution is -2.30. The molecule has 6 nitrogen and oxygen atoms in total. The van der Waals surface area contributed by atoms with E-state index in [4.69, 9.17) is 5.11 Å². The molecule has 0 bridgehead atoms. The maximum atomic E-state index is 13.4. The molecule has 1 saturated carbocycles. The number of amides is 2. The van der Waals surface area contributed by atoms with Crippen LogP contribution in [-0.4, -0.2) is 22.9 Å². The number of carbonyl (C=O) groups is 3. The van der Waals surface area contributed by atoms with Gasteiger partial charge in [0.2, 0.25) is 0 Å². The zero-order chi connectivity index (χ0) is 22.9. The van der Waals surface area contributed by atoms with Crippen LogP contribution in [0.1, 0.15) is 48.8 Å². The number of halogens is 3. The molecule has 1 fully saturated rings. The molecule has 3 rings (SSSR count). The Balaban J connectivity index is 1.72. The average Bonchev–Trinajstić information content (AvgIpc) is 3.48. The predicted molar refractivity (Wildman–Crippen MR) is 108 cm³/mol. The number of carboxylic acids is 1. The standard InChI is InChI=1S/C22H21F3N2O4/c1-11(2)12-6-7-18(17(9-12)22(23,24)25)27-20(29)19(28)26-14-5-3-4-13(8-14)15-10-16(15)21(30)31/h3-9,11,15-16H,10H2,1-2H3,(H,26,28)(H,27,29)(H,30,31). The topological polar surface area (TPSA) is 95.5 Å². The van der Waals surface area contributed by atoms with E-state index in [1.807, 2.05) is 5.32 Å². The number of hydrogen-bond acceptors (Lipinski definition) is 3. The van der Waals surface area contributed by atoms with Gasteiger partial charge in [-0.15, -0.1) is 0 Å². The molecule has 0 radical (unpaired) electrons. The van der Waals surface area contributed by atoms with E-state index in [2.05, 4.69) is 5.32 Å². The minimum atomic E-state index is -4.71. The Kier molecular flexibility index (Phi) is 6.06. The van der Waals surface area contributed by atoms with Crippen LogP contribution in [0.25, 0.3) is 0 Å². The van der Waals surface area contributed by atoms with Gasteiger partial charge in [-0.1, -0.05) is 32.0 Å². The number of carboxylic acid groups (broad SMARTS) is 1. The molecule has 3 N–H and O–H groups in total. The van der Waals surface area contributed by atoms with Crippen molar-refractivity contribution in [2.45, 2.75) is 38.3 Å². The first-order valence-electron chi connectivity index (χ1n) is 9.63. The van der Waals surface area contributed by atoms with Gasteiger partial charge in [-0.2, -0.15) is 13.2 Å². The maximum Gasteiger partial charge on any atom is 0.418 e. The number of aliphatic carboxylic acids is 1. The number of hydrogen-bond donors (Lipinski definition) is 3. The smallest absolute Gasteiger partial charge is 0.418 e. The largest absolute Gasteiger partial charge is 0.481 e. The third kappa shape index (κ3) is 5.22. The van der Waals surface area contributed by atoms with Crippen LogP contribution in [0.2, 0.25) is 0 Å². The fourth-order valence-electron chi connectivity index (χ4n) is 3.31. The molecule has 164 valence electrons. The molecule has 0 saturated heterocycles. The predicted octanol–water partition coefficient (Wildman–Crippen LogP) is 4.59. The first-order chi connectivity index (χ1) is 14.5. The van der Waals surface area contributed by atoms with Crippen molar-refractivity contribution in [1.29, 1.82) is 0 Å². The molecule has 0 aliphatic heterocycles. The number of benzene rings is 2. The van der Waals surface area contributed by atoms with Crippen molar-refractivity contribution in [3.63, 3.8) is 0 Å². The summed E-state index contributed by atoms with van der Waals surface area (Å²) < 4.78 is 40.2. The van der Waals surface area contributed by atoms with Gasteiger partial charge >= 0.3 is 24.0 Å². The molecule has 2 atom stereocenters. The Hall–Kier alpha value is -3.36. The molecule has 9 heteroatoms. The zero-order valence-corrected chi connectivity index (χ0v) is 16.8. The van der Waals surface area contributed by atoms with Crippen molar-refractivity contribution in [2.24, 2.45) is 5.92 Å². The number of alkyl halides is 3. The van der Waals surface area contributed by atoms with Crippen molar-refractivity contribution in [3.8, 4) is 0 Å². The maximum absolute atomic E-state index is 13.4. The Labute approximate surface area is 176 Å². The van der Waals surface area contributed by atoms with E-state index in [1.165, 1.54) is 12.1 Å². The SMILES string of the molecule is CC(C)c1ccc(NC(=O)C(=O)Nc2cccc(C3CC3C(=O)O)c2)c(C(F)(F)F)c1. The summed E-state index contributed by atoms with van der Waals surface area (Å²) in [7, 11) is 0. The van der Waals surface area contributed by atoms with Gasteiger partial charge in [0.25, 0.3) is 0 Å². The van der Waals surface area contributed by atoms with E-state index >= 15 is 0 Å². The molecule has 1 aliphatic rings. The van der Waals surface area contributed by atoms with Gasteiger partial charge in [0, 0.05) is 5.69 Å². The minimum Gasteiger partial charge on any atom is -0.481 e. The fraction of sp³-hybridized carbons (Fsp3) is 0.318. The van der Waals surface area contributed by atoms with Crippen LogP contribution in [0, 0.1) is 5.92 Å². The van der Waals surface area contributed by atoms with Crippen LogP contribution in [0.4, 0.5) is 24.5 Å². The van der Waals surface area contributed by atoms with Crippen LogP contribution in [0.3, 0.4) is 0 Å². The summed E-state index contributed by atoms with van der Waals surface area (Å²) >= 11 is 0. The van der Waals surface area contributed by atoms with E-state index in [9.17, 15) is 27.6 Å². The van der Waals surface area contributed by atoms with Crippen molar-refractivity contribution >= 4 is 29.2 Å². The number of carbonyl (C=O) groups excluding carboxylic acids is 2. The summed E-state index contributed by atoms with van der Waals surface area (Å²) in [5.41, 5.74) is -0.135. The quantitative estimate of drug-likeness (QED) is 0.600. The molecule has 0 spiro atoms. The second-order valence-corrected chi connectivity index (χ2v) is 7.78. The zero-order valence-electron chi connectivity index (χ0n) is 16.8. The normalized spacial score (nSPS) is 17.9. The second kappa shape index (κ2) is 8.41. The Morgan fingerprint density at radius 1 is 1.03 bits per heavy atom. The highest BCUT2D eigenvalue weighted by Crippen LogP contribution is 2.48. The van der Waals surface area contributed by atoms with Gasteiger partial charge in [0.05, 0.1) is 17.2 Å². The van der Waals surface area contributed by atoms with Crippen molar-refractivity contribution in [2.75, 3.05) is 10.6 Å². The average molecular weight is 434 g/mol. The van der Waals surface area contributed by atoms with Crippen molar-refractivity contribution < 1.29 is 32.7 Å². The van der Waals surface area contributed by atoms with Gasteiger partial charge in [0.1, 0.15) is 0 Å². The van der Waals surface area contributed by atoms with Crippen LogP contribution >= 0.6 is 0 Å². The van der Waals surface area contributed by atoms with Gasteiger partial charge in [0.15, 0.2) is 0 Å². The van der Waals surface area contributed by atoms with Crippen LogP contribution in [0.5, 0.6) is 0 Å². The lowest BCUT2D eigenvalue weighted by Gasteiger charge is -2.16. The highest BCUT2D eigenvalue weighted by atomic mass is 19.4. The summed E-state index contributed by atoms with van der Waals surface area (Å²) in [5.74, 6) is -4.08. The summed E-state index contributed by atoms with van der Waals surface area (Å²) in [6, 6.07) is 9.93. The van der Waals surface area contributed by atoms with Crippen LogP contribution < -0.4 is 10.6 Å². The summed E-state index contributed by atoms with van der Waals surface area (Å²) in [6.07, 6.45) is -4.22. The van der Waals surface area contributed by atoms with Gasteiger partial charge < -0.3 is 15.7 Å². The molecule has 2 aromatic rings. The van der Waals surface area contributed by atoms with Gasteiger partial charge in [-0.3, -0.25) is 14.4 Å². The molecule has 1 aliphatic carbocycles. The Morgan fingerprint density at radius 2 is 1.71 bits per heavy atom. The first-order valence-corrected chi connectivity index (χ1v) is 9.63. The number of nitrogens with one attached hydrogen (secondary N) is 2. The lowest BCUT2D eigenvalue weighted by atomic mass is 9.99. The molecule has 0 heterocycles. The van der Waals surface area contributed by atoms with E-state index in [0.717, 1.165) is 12.1 Å². The van der Waals surface area contributed by atoms with E-state index in [1.54, 1.807) is 32.0 Å². The molecular weight excluding hydrogens is 413 g/mol. The summed E-state index contributed by atoms with van der Waals surface area (Å²) in [4.78, 5) is 35.5. The van der Waals surface area contributed by atoms with Crippen molar-refractivity contribution in [1.82, 2.24) is 0 Å². The number of anilines is 2. The third-order valence-corrected chi connectivity index (χ3v) is 5.15. The Bertz CT molecular complexity index is 1030. The second-order valence-electron chi connectivity index (χ2n) is 7.78. The highest BCUT2D eigenvalue weighted by Gasteiger charge is 2.44. The molecule has 2 amide bonds. The van der Waals surface area contributed by atoms with Crippen molar-refractivity contribution in [3.05, 3.63) is 59.2 Å². The highest BCUT2D eigenvalue weighted by molar-refractivity contribution is 6.43. The lowest BCUT2D eigenvalue weighted by molar-refractivity contribution is -0.139. The third-order valence-electron chi connectivity index (χ3n) is 5.15. The molecule has 0 aromatic heterocycles. The van der Waals surface area contributed by atoms with E-state index < -0.39 is 41.1 Å². The molecule has 31 heavy (non-hydrogen) atoms. The van der Waals surface area contributed by atoms with E-state index in [0.29, 0.717) is 17.5 Å². The summed E-state index contributed by atoms with van der Waals surface area (Å²) in [5, 5.41) is 13.4. The molecule has 2 aromatic carbocycles. The van der Waals surface area contributed by atoms with Gasteiger partial charge in [-0.05, 0) is 53.6 Å². The van der Waals surface area contributed by atoms with Gasteiger partial charge in [-0.25, -0.2) is 0 Å². The van der Waals surface area contributed by atoms with Crippen LogP contribution in [0.15, 0.2) is 42.5 Å². The first kappa shape index (κ1) is 22.3. The Morgan fingerprint density at radius 3 is 2.29 bits per heavy atom. The monoisotopic (exact) mass is 434 g/mol. The fourth-order valence-corrected chi connectivity index (χ4v) is 3.31. The van der Waals surface area contributed by atoms with E-state index in [-0.39, 0.29) is 17.5 Å². The summed E-state index contributed by atoms with van der Waals surface area (Å²) in [6.45, 7) is 3.49.